The van der Waals surface area contributed by atoms with Gasteiger partial charge in [0.2, 0.25) is 0 Å². The topological polar surface area (TPSA) is 121 Å². The Kier molecular flexibility index (Phi) is 6.79. The summed E-state index contributed by atoms with van der Waals surface area (Å²) in [6.45, 7) is 3.61. The van der Waals surface area contributed by atoms with Gasteiger partial charge in [0.15, 0.2) is 0 Å². The molecular formula is C13H18KNO6S2. The molecule has 0 radical (unpaired) electrons. The number of rotatable bonds is 5. The fraction of sp³-hybridized carbons (Fsp3) is 0.462. The van der Waals surface area contributed by atoms with Crippen molar-refractivity contribution in [3.63, 3.8) is 0 Å². The molecule has 1 atom stereocenters. The van der Waals surface area contributed by atoms with Crippen molar-refractivity contribution in [2.75, 3.05) is 5.75 Å². The summed E-state index contributed by atoms with van der Waals surface area (Å²) in [5.41, 5.74) is 1.31. The maximum absolute atomic E-state index is 11.3. The average molecular weight is 388 g/mol. The molecule has 0 saturated carbocycles. The van der Waals surface area contributed by atoms with E-state index in [0.717, 1.165) is 5.71 Å². The molecule has 0 amide bonds. The first kappa shape index (κ1) is 21.4. The molecule has 10 heteroatoms. The molecule has 2 rings (SSSR count). The van der Waals surface area contributed by atoms with Crippen LogP contribution in [0.25, 0.3) is 0 Å². The van der Waals surface area contributed by atoms with Gasteiger partial charge in [0.25, 0.3) is 20.2 Å². The average Bonchev–Trinajstić information content (AvgIpc) is 2.59. The van der Waals surface area contributed by atoms with Gasteiger partial charge >= 0.3 is 51.4 Å². The van der Waals surface area contributed by atoms with Gasteiger partial charge in [-0.15, -0.1) is 0 Å². The van der Waals surface area contributed by atoms with Crippen LogP contribution in [0.1, 0.15) is 33.7 Å². The Hall–Kier alpha value is 0.346. The van der Waals surface area contributed by atoms with Gasteiger partial charge in [-0.05, 0) is 43.5 Å². The number of aliphatic imine (C=N–C) groups is 1. The van der Waals surface area contributed by atoms with E-state index in [2.05, 4.69) is 4.99 Å². The second-order valence-corrected chi connectivity index (χ2v) is 8.57. The Bertz CT molecular complexity index is 853. The quantitative estimate of drug-likeness (QED) is 0.498. The standard InChI is InChI=1S/C13H17NO6S2.K.H/c1-9-13(2,6-3-7-21(15,16)17)11-8-10(22(18,19)20)4-5-12(11)14-9;;/h4-5,8H,3,6-7H2,1-2H3,(H,15,16,17)(H,18,19,20);;/q;+1;-1. The van der Waals surface area contributed by atoms with Gasteiger partial charge in [0.05, 0.1) is 16.3 Å². The molecule has 1 unspecified atom stereocenters. The summed E-state index contributed by atoms with van der Waals surface area (Å²) in [6, 6.07) is 4.14. The minimum atomic E-state index is -4.32. The second-order valence-electron chi connectivity index (χ2n) is 5.57. The van der Waals surface area contributed by atoms with Gasteiger partial charge in [-0.3, -0.25) is 14.1 Å². The zero-order valence-electron chi connectivity index (χ0n) is 14.1. The monoisotopic (exact) mass is 387 g/mol. The van der Waals surface area contributed by atoms with Crippen LogP contribution in [0.15, 0.2) is 28.1 Å². The van der Waals surface area contributed by atoms with Crippen LogP contribution >= 0.6 is 0 Å². The number of nitrogens with zero attached hydrogens (tertiary/aromatic N) is 1. The van der Waals surface area contributed by atoms with E-state index in [4.69, 9.17) is 9.11 Å². The summed E-state index contributed by atoms with van der Waals surface area (Å²) in [5, 5.41) is 0. The van der Waals surface area contributed by atoms with Crippen LogP contribution in [-0.2, 0) is 25.7 Å². The minimum absolute atomic E-state index is 0. The van der Waals surface area contributed by atoms with E-state index in [0.29, 0.717) is 17.7 Å². The largest absolute Gasteiger partial charge is 1.00 e. The molecule has 0 fully saturated rings. The third kappa shape index (κ3) is 4.92. The summed E-state index contributed by atoms with van der Waals surface area (Å²) in [6.07, 6.45) is 0.585. The van der Waals surface area contributed by atoms with Crippen molar-refractivity contribution in [2.45, 2.75) is 37.0 Å². The van der Waals surface area contributed by atoms with Crippen LogP contribution in [0.4, 0.5) is 5.69 Å². The van der Waals surface area contributed by atoms with Crippen molar-refractivity contribution >= 4 is 31.6 Å². The number of hydrogen-bond donors (Lipinski definition) is 2. The van der Waals surface area contributed by atoms with Crippen molar-refractivity contribution < 1.29 is 78.8 Å². The molecule has 0 saturated heterocycles. The Morgan fingerprint density at radius 3 is 2.35 bits per heavy atom. The van der Waals surface area contributed by atoms with E-state index < -0.39 is 25.7 Å². The van der Waals surface area contributed by atoms with Crippen molar-refractivity contribution in [2.24, 2.45) is 4.99 Å². The van der Waals surface area contributed by atoms with Crippen molar-refractivity contribution in [3.8, 4) is 0 Å². The smallest absolute Gasteiger partial charge is 1.00 e. The molecule has 23 heavy (non-hydrogen) atoms. The SMILES string of the molecule is CC1=Nc2ccc(S(=O)(=O)O)cc2C1(C)CCCS(=O)(=O)O.[H-].[K+]. The molecular weight excluding hydrogens is 369 g/mol. The molecule has 1 aromatic rings. The van der Waals surface area contributed by atoms with E-state index in [9.17, 15) is 16.8 Å². The maximum Gasteiger partial charge on any atom is 1.00 e. The Morgan fingerprint density at radius 2 is 1.83 bits per heavy atom. The van der Waals surface area contributed by atoms with Crippen molar-refractivity contribution in [3.05, 3.63) is 23.8 Å². The number of fused-ring (bicyclic) bond motifs is 1. The molecule has 124 valence electrons. The predicted octanol–water partition coefficient (Wildman–Crippen LogP) is -0.918. The first-order valence-electron chi connectivity index (χ1n) is 6.56. The normalized spacial score (nSPS) is 20.6. The molecule has 1 aromatic carbocycles. The van der Waals surface area contributed by atoms with E-state index in [1.807, 2.05) is 6.92 Å². The maximum atomic E-state index is 11.3. The Labute approximate surface area is 180 Å². The second kappa shape index (κ2) is 7.30. The summed E-state index contributed by atoms with van der Waals surface area (Å²) < 4.78 is 62.2. The van der Waals surface area contributed by atoms with E-state index in [1.165, 1.54) is 18.2 Å². The molecule has 0 aromatic heterocycles. The predicted molar refractivity (Wildman–Crippen MR) is 83.1 cm³/mol. The molecule has 7 nitrogen and oxygen atoms in total. The molecule has 1 aliphatic heterocycles. The first-order chi connectivity index (χ1) is 9.93. The van der Waals surface area contributed by atoms with Crippen molar-refractivity contribution in [1.29, 1.82) is 0 Å². The molecule has 2 N–H and O–H groups in total. The molecule has 0 bridgehead atoms. The van der Waals surface area contributed by atoms with E-state index in [-0.39, 0.29) is 69.9 Å². The van der Waals surface area contributed by atoms with Gasteiger partial charge in [0.1, 0.15) is 0 Å². The molecule has 1 heterocycles. The van der Waals surface area contributed by atoms with Crippen LogP contribution < -0.4 is 51.4 Å². The molecule has 0 spiro atoms. The van der Waals surface area contributed by atoms with Gasteiger partial charge in [-0.1, -0.05) is 6.92 Å². The Balaban J connectivity index is 0.00000264. The van der Waals surface area contributed by atoms with Crippen LogP contribution in [0.2, 0.25) is 0 Å². The van der Waals surface area contributed by atoms with Crippen LogP contribution in [0, 0.1) is 0 Å². The molecule has 1 aliphatic rings. The minimum Gasteiger partial charge on any atom is -1.00 e. The third-order valence-corrected chi connectivity index (χ3v) is 5.68. The first-order valence-corrected chi connectivity index (χ1v) is 9.61. The summed E-state index contributed by atoms with van der Waals surface area (Å²) in [4.78, 5) is 4.15. The fourth-order valence-corrected chi connectivity index (χ4v) is 3.65. The third-order valence-electron chi connectivity index (χ3n) is 4.03. The summed E-state index contributed by atoms with van der Waals surface area (Å²) in [5.74, 6) is -0.372. The van der Waals surface area contributed by atoms with Gasteiger partial charge in [-0.2, -0.15) is 16.8 Å². The van der Waals surface area contributed by atoms with E-state index >= 15 is 0 Å². The zero-order chi connectivity index (χ0) is 16.8. The van der Waals surface area contributed by atoms with Gasteiger partial charge < -0.3 is 1.43 Å². The zero-order valence-corrected chi connectivity index (χ0v) is 17.9. The fourth-order valence-electron chi connectivity index (χ4n) is 2.64. The van der Waals surface area contributed by atoms with Crippen molar-refractivity contribution in [1.82, 2.24) is 0 Å². The summed E-state index contributed by atoms with van der Waals surface area (Å²) >= 11 is 0. The summed E-state index contributed by atoms with van der Waals surface area (Å²) in [7, 11) is -8.37. The van der Waals surface area contributed by atoms with E-state index in [1.54, 1.807) is 6.92 Å². The van der Waals surface area contributed by atoms with Crippen LogP contribution in [-0.4, -0.2) is 37.4 Å². The number of hydrogen-bond acceptors (Lipinski definition) is 5. The van der Waals surface area contributed by atoms with Crippen LogP contribution in [0.5, 0.6) is 0 Å². The van der Waals surface area contributed by atoms with Gasteiger partial charge in [0, 0.05) is 11.1 Å². The molecule has 0 aliphatic carbocycles. The van der Waals surface area contributed by atoms with Gasteiger partial charge in [-0.25, -0.2) is 0 Å². The Morgan fingerprint density at radius 1 is 1.22 bits per heavy atom. The number of benzene rings is 1. The van der Waals surface area contributed by atoms with Crippen LogP contribution in [0.3, 0.4) is 0 Å².